The van der Waals surface area contributed by atoms with Gasteiger partial charge in [-0.25, -0.2) is 0 Å². The van der Waals surface area contributed by atoms with Gasteiger partial charge in [0.2, 0.25) is 0 Å². The van der Waals surface area contributed by atoms with Crippen LogP contribution in [0.2, 0.25) is 0 Å². The Morgan fingerprint density at radius 1 is 1.16 bits per heavy atom. The average Bonchev–Trinajstić information content (AvgIpc) is 3.25. The normalized spacial score (nSPS) is 17.4. The number of unbranched alkanes of at least 4 members (excludes halogenated alkanes) is 5. The van der Waals surface area contributed by atoms with E-state index < -0.39 is 0 Å². The molecule has 1 aliphatic rings. The molecule has 1 fully saturated rings. The van der Waals surface area contributed by atoms with Crippen LogP contribution in [0, 0.1) is 0 Å². The van der Waals surface area contributed by atoms with Crippen molar-refractivity contribution in [2.75, 3.05) is 13.2 Å². The minimum atomic E-state index is 0.335. The Labute approximate surface area is 117 Å². The molecule has 1 saturated heterocycles. The molecule has 1 heterocycles. The third-order valence-electron chi connectivity index (χ3n) is 3.56. The van der Waals surface area contributed by atoms with Gasteiger partial charge in [-0.05, 0) is 30.5 Å². The maximum absolute atomic E-state index is 5.70. The van der Waals surface area contributed by atoms with Gasteiger partial charge in [0.05, 0.1) is 6.61 Å². The summed E-state index contributed by atoms with van der Waals surface area (Å²) in [6, 6.07) is 8.50. The standard InChI is InChI=1S/C17H26O2/c1-2-3-4-5-6-7-9-15-10-8-11-16(12-15)18-13-17-14-19-17/h8,10-12,17H,2-7,9,13-14H2,1H3. The van der Waals surface area contributed by atoms with Gasteiger partial charge in [-0.3, -0.25) is 0 Å². The first-order valence-electron chi connectivity index (χ1n) is 7.72. The van der Waals surface area contributed by atoms with E-state index in [4.69, 9.17) is 9.47 Å². The number of ether oxygens (including phenoxy) is 2. The second-order valence-corrected chi connectivity index (χ2v) is 5.43. The monoisotopic (exact) mass is 262 g/mol. The first kappa shape index (κ1) is 14.4. The number of benzene rings is 1. The number of epoxide rings is 1. The SMILES string of the molecule is CCCCCCCCc1cccc(OCC2CO2)c1. The van der Waals surface area contributed by atoms with Crippen LogP contribution in [0.1, 0.15) is 51.0 Å². The summed E-state index contributed by atoms with van der Waals surface area (Å²) in [6.07, 6.45) is 9.62. The lowest BCUT2D eigenvalue weighted by Gasteiger charge is -2.07. The molecule has 1 aliphatic heterocycles. The molecule has 0 amide bonds. The molecule has 2 heteroatoms. The van der Waals surface area contributed by atoms with Crippen LogP contribution >= 0.6 is 0 Å². The zero-order valence-electron chi connectivity index (χ0n) is 12.1. The highest BCUT2D eigenvalue weighted by Gasteiger charge is 2.22. The molecule has 0 spiro atoms. The van der Waals surface area contributed by atoms with Gasteiger partial charge in [-0.15, -0.1) is 0 Å². The third kappa shape index (κ3) is 6.11. The predicted molar refractivity (Wildman–Crippen MR) is 78.8 cm³/mol. The second-order valence-electron chi connectivity index (χ2n) is 5.43. The van der Waals surface area contributed by atoms with Gasteiger partial charge in [0.15, 0.2) is 0 Å². The van der Waals surface area contributed by atoms with Gasteiger partial charge in [0.25, 0.3) is 0 Å². The summed E-state index contributed by atoms with van der Waals surface area (Å²) >= 11 is 0. The average molecular weight is 262 g/mol. The van der Waals surface area contributed by atoms with Gasteiger partial charge in [0.1, 0.15) is 18.5 Å². The summed E-state index contributed by atoms with van der Waals surface area (Å²) in [6.45, 7) is 3.82. The summed E-state index contributed by atoms with van der Waals surface area (Å²) in [7, 11) is 0. The molecule has 1 atom stereocenters. The minimum Gasteiger partial charge on any atom is -0.491 e. The first-order chi connectivity index (χ1) is 9.38. The lowest BCUT2D eigenvalue weighted by atomic mass is 10.0. The number of aryl methyl sites for hydroxylation is 1. The van der Waals surface area contributed by atoms with E-state index in [1.807, 2.05) is 6.07 Å². The van der Waals surface area contributed by atoms with E-state index in [9.17, 15) is 0 Å². The van der Waals surface area contributed by atoms with Crippen LogP contribution in [0.25, 0.3) is 0 Å². The zero-order chi connectivity index (χ0) is 13.3. The fourth-order valence-corrected chi connectivity index (χ4v) is 2.25. The van der Waals surface area contributed by atoms with Crippen molar-refractivity contribution < 1.29 is 9.47 Å². The van der Waals surface area contributed by atoms with E-state index in [0.29, 0.717) is 12.7 Å². The minimum absolute atomic E-state index is 0.335. The Morgan fingerprint density at radius 3 is 2.74 bits per heavy atom. The molecule has 0 bridgehead atoms. The van der Waals surface area contributed by atoms with E-state index in [-0.39, 0.29) is 0 Å². The van der Waals surface area contributed by atoms with Gasteiger partial charge >= 0.3 is 0 Å². The molecule has 2 nitrogen and oxygen atoms in total. The highest BCUT2D eigenvalue weighted by molar-refractivity contribution is 5.28. The van der Waals surface area contributed by atoms with Crippen LogP contribution in [0.15, 0.2) is 24.3 Å². The highest BCUT2D eigenvalue weighted by Crippen LogP contribution is 2.18. The van der Waals surface area contributed by atoms with E-state index in [1.54, 1.807) is 0 Å². The summed E-state index contributed by atoms with van der Waals surface area (Å²) in [5.74, 6) is 0.985. The maximum Gasteiger partial charge on any atom is 0.119 e. The number of hydrogen-bond donors (Lipinski definition) is 0. The number of hydrogen-bond acceptors (Lipinski definition) is 2. The van der Waals surface area contributed by atoms with Crippen molar-refractivity contribution in [2.24, 2.45) is 0 Å². The van der Waals surface area contributed by atoms with Crippen LogP contribution in [-0.2, 0) is 11.2 Å². The van der Waals surface area contributed by atoms with Gasteiger partial charge < -0.3 is 9.47 Å². The summed E-state index contributed by atoms with van der Waals surface area (Å²) in [5.41, 5.74) is 1.39. The Hall–Kier alpha value is -1.02. The molecule has 0 aliphatic carbocycles. The van der Waals surface area contributed by atoms with E-state index in [2.05, 4.69) is 25.1 Å². The molecular formula is C17H26O2. The molecule has 0 saturated carbocycles. The molecule has 1 unspecified atom stereocenters. The largest absolute Gasteiger partial charge is 0.491 e. The summed E-state index contributed by atoms with van der Waals surface area (Å²) < 4.78 is 10.9. The fraction of sp³-hybridized carbons (Fsp3) is 0.647. The van der Waals surface area contributed by atoms with Crippen molar-refractivity contribution in [1.29, 1.82) is 0 Å². The molecule has 0 N–H and O–H groups in total. The molecular weight excluding hydrogens is 236 g/mol. The van der Waals surface area contributed by atoms with Crippen LogP contribution < -0.4 is 4.74 Å². The topological polar surface area (TPSA) is 21.8 Å². The quantitative estimate of drug-likeness (QED) is 0.461. The molecule has 0 radical (unpaired) electrons. The van der Waals surface area contributed by atoms with Crippen molar-refractivity contribution in [3.63, 3.8) is 0 Å². The Kier molecular flexibility index (Phi) is 6.22. The lowest BCUT2D eigenvalue weighted by Crippen LogP contribution is -2.04. The molecule has 2 rings (SSSR count). The molecule has 0 aromatic heterocycles. The van der Waals surface area contributed by atoms with Gasteiger partial charge in [-0.2, -0.15) is 0 Å². The zero-order valence-corrected chi connectivity index (χ0v) is 12.1. The van der Waals surface area contributed by atoms with Crippen LogP contribution in [0.3, 0.4) is 0 Å². The maximum atomic E-state index is 5.70. The molecule has 19 heavy (non-hydrogen) atoms. The molecule has 1 aromatic rings. The summed E-state index contributed by atoms with van der Waals surface area (Å²) in [4.78, 5) is 0. The summed E-state index contributed by atoms with van der Waals surface area (Å²) in [5, 5.41) is 0. The van der Waals surface area contributed by atoms with E-state index in [0.717, 1.165) is 12.4 Å². The highest BCUT2D eigenvalue weighted by atomic mass is 16.6. The Bertz CT molecular complexity index is 358. The van der Waals surface area contributed by atoms with Gasteiger partial charge in [0, 0.05) is 0 Å². The van der Waals surface area contributed by atoms with Crippen molar-refractivity contribution in [3.8, 4) is 5.75 Å². The van der Waals surface area contributed by atoms with E-state index >= 15 is 0 Å². The van der Waals surface area contributed by atoms with Gasteiger partial charge in [-0.1, -0.05) is 51.2 Å². The first-order valence-corrected chi connectivity index (χ1v) is 7.72. The van der Waals surface area contributed by atoms with Crippen LogP contribution in [0.4, 0.5) is 0 Å². The smallest absolute Gasteiger partial charge is 0.119 e. The van der Waals surface area contributed by atoms with Crippen molar-refractivity contribution >= 4 is 0 Å². The van der Waals surface area contributed by atoms with Crippen LogP contribution in [0.5, 0.6) is 5.75 Å². The van der Waals surface area contributed by atoms with Crippen molar-refractivity contribution in [1.82, 2.24) is 0 Å². The Morgan fingerprint density at radius 2 is 1.95 bits per heavy atom. The number of rotatable bonds is 10. The fourth-order valence-electron chi connectivity index (χ4n) is 2.25. The van der Waals surface area contributed by atoms with Crippen molar-refractivity contribution in [3.05, 3.63) is 29.8 Å². The van der Waals surface area contributed by atoms with Crippen molar-refractivity contribution in [2.45, 2.75) is 58.0 Å². The van der Waals surface area contributed by atoms with Crippen LogP contribution in [-0.4, -0.2) is 19.3 Å². The third-order valence-corrected chi connectivity index (χ3v) is 3.56. The Balaban J connectivity index is 1.63. The molecule has 106 valence electrons. The second kappa shape index (κ2) is 8.21. The van der Waals surface area contributed by atoms with E-state index in [1.165, 1.54) is 50.5 Å². The molecule has 1 aromatic carbocycles. The predicted octanol–water partition coefficient (Wildman–Crippen LogP) is 4.37. The lowest BCUT2D eigenvalue weighted by molar-refractivity contribution is 0.263.